The average molecular weight is 444 g/mol. The van der Waals surface area contributed by atoms with Crippen LogP contribution in [0.2, 0.25) is 5.02 Å². The molecule has 0 atom stereocenters. The maximum atomic E-state index is 12.7. The predicted molar refractivity (Wildman–Crippen MR) is 119 cm³/mol. The van der Waals surface area contributed by atoms with Crippen LogP contribution >= 0.6 is 34.7 Å². The van der Waals surface area contributed by atoms with E-state index in [-0.39, 0.29) is 5.91 Å². The summed E-state index contributed by atoms with van der Waals surface area (Å²) < 4.78 is 6.54. The number of furan rings is 1. The quantitative estimate of drug-likeness (QED) is 0.277. The molecule has 0 bridgehead atoms. The summed E-state index contributed by atoms with van der Waals surface area (Å²) in [5.74, 6) is 0.661. The Kier molecular flexibility index (Phi) is 5.89. The molecule has 0 unspecified atom stereocenters. The van der Waals surface area contributed by atoms with Crippen LogP contribution in [0.1, 0.15) is 34.2 Å². The summed E-state index contributed by atoms with van der Waals surface area (Å²) in [6.07, 6.45) is 0.932. The SMILES string of the molecule is CCc1ccc2oc(C(=O)Nc3nnc(SCc4ccccc4Cl)s3)c(C)c2c1. The molecule has 0 aliphatic carbocycles. The van der Waals surface area contributed by atoms with Crippen molar-refractivity contribution in [1.29, 1.82) is 0 Å². The predicted octanol–water partition coefficient (Wildman–Crippen LogP) is 6.35. The molecule has 148 valence electrons. The number of benzene rings is 2. The van der Waals surface area contributed by atoms with Gasteiger partial charge < -0.3 is 4.42 Å². The van der Waals surface area contributed by atoms with E-state index in [1.165, 1.54) is 28.7 Å². The Hall–Kier alpha value is -2.35. The number of rotatable bonds is 6. The first-order valence-corrected chi connectivity index (χ1v) is 11.3. The number of halogens is 1. The van der Waals surface area contributed by atoms with Crippen molar-refractivity contribution >= 4 is 56.7 Å². The summed E-state index contributed by atoms with van der Waals surface area (Å²) in [5.41, 5.74) is 3.77. The highest BCUT2D eigenvalue weighted by molar-refractivity contribution is 8.00. The average Bonchev–Trinajstić information content (AvgIpc) is 3.31. The lowest BCUT2D eigenvalue weighted by Gasteiger charge is -2.00. The van der Waals surface area contributed by atoms with Crippen molar-refractivity contribution in [2.24, 2.45) is 0 Å². The summed E-state index contributed by atoms with van der Waals surface area (Å²) in [6.45, 7) is 3.99. The number of hydrogen-bond acceptors (Lipinski definition) is 6. The minimum absolute atomic E-state index is 0.300. The maximum absolute atomic E-state index is 12.7. The third kappa shape index (κ3) is 4.32. The molecule has 2 aromatic carbocycles. The van der Waals surface area contributed by atoms with E-state index >= 15 is 0 Å². The van der Waals surface area contributed by atoms with Crippen LogP contribution < -0.4 is 5.32 Å². The Morgan fingerprint density at radius 2 is 2.07 bits per heavy atom. The van der Waals surface area contributed by atoms with Gasteiger partial charge in [-0.15, -0.1) is 10.2 Å². The number of anilines is 1. The van der Waals surface area contributed by atoms with Crippen LogP contribution in [-0.2, 0) is 12.2 Å². The number of nitrogens with zero attached hydrogens (tertiary/aromatic N) is 2. The molecule has 0 fully saturated rings. The Labute approximate surface area is 181 Å². The van der Waals surface area contributed by atoms with E-state index in [0.717, 1.165) is 32.3 Å². The lowest BCUT2D eigenvalue weighted by atomic mass is 10.1. The Morgan fingerprint density at radius 3 is 2.86 bits per heavy atom. The summed E-state index contributed by atoms with van der Waals surface area (Å²) in [6, 6.07) is 13.7. The van der Waals surface area contributed by atoms with Gasteiger partial charge in [0.1, 0.15) is 5.58 Å². The van der Waals surface area contributed by atoms with E-state index in [4.69, 9.17) is 16.0 Å². The summed E-state index contributed by atoms with van der Waals surface area (Å²) in [7, 11) is 0. The number of carbonyl (C=O) groups excluding carboxylic acids is 1. The van der Waals surface area contributed by atoms with Crippen LogP contribution in [0.3, 0.4) is 0 Å². The highest BCUT2D eigenvalue weighted by atomic mass is 35.5. The standard InChI is InChI=1S/C21H18ClN3O2S2/c1-3-13-8-9-17-15(10-13)12(2)18(27-17)19(26)23-20-24-25-21(29-20)28-11-14-6-4-5-7-16(14)22/h4-10H,3,11H2,1-2H3,(H,23,24,26). The van der Waals surface area contributed by atoms with Gasteiger partial charge in [-0.05, 0) is 42.7 Å². The van der Waals surface area contributed by atoms with E-state index < -0.39 is 0 Å². The van der Waals surface area contributed by atoms with E-state index in [1.807, 2.05) is 43.3 Å². The molecule has 0 saturated heterocycles. The van der Waals surface area contributed by atoms with Crippen molar-refractivity contribution in [3.63, 3.8) is 0 Å². The van der Waals surface area contributed by atoms with Gasteiger partial charge in [0.05, 0.1) is 0 Å². The van der Waals surface area contributed by atoms with E-state index in [0.29, 0.717) is 22.2 Å². The molecule has 4 rings (SSSR count). The fraction of sp³-hybridized carbons (Fsp3) is 0.190. The van der Waals surface area contributed by atoms with Crippen LogP contribution in [0, 0.1) is 6.92 Å². The zero-order chi connectivity index (χ0) is 20.4. The third-order valence-electron chi connectivity index (χ3n) is 4.55. The first kappa shape index (κ1) is 19.9. The van der Waals surface area contributed by atoms with Gasteiger partial charge in [0.25, 0.3) is 5.91 Å². The molecular weight excluding hydrogens is 426 g/mol. The maximum Gasteiger partial charge on any atom is 0.293 e. The van der Waals surface area contributed by atoms with Gasteiger partial charge in [-0.3, -0.25) is 10.1 Å². The molecule has 0 saturated carbocycles. The molecule has 8 heteroatoms. The van der Waals surface area contributed by atoms with Crippen molar-refractivity contribution in [3.05, 3.63) is 69.9 Å². The molecule has 5 nitrogen and oxygen atoms in total. The van der Waals surface area contributed by atoms with Crippen LogP contribution in [-0.4, -0.2) is 16.1 Å². The molecule has 1 amide bonds. The minimum Gasteiger partial charge on any atom is -0.451 e. The van der Waals surface area contributed by atoms with Crippen molar-refractivity contribution < 1.29 is 9.21 Å². The molecule has 0 radical (unpaired) electrons. The van der Waals surface area contributed by atoms with Crippen molar-refractivity contribution in [1.82, 2.24) is 10.2 Å². The first-order chi connectivity index (χ1) is 14.0. The number of carbonyl (C=O) groups is 1. The highest BCUT2D eigenvalue weighted by Gasteiger charge is 2.19. The highest BCUT2D eigenvalue weighted by Crippen LogP contribution is 2.31. The number of fused-ring (bicyclic) bond motifs is 1. The van der Waals surface area contributed by atoms with Crippen molar-refractivity contribution in [2.75, 3.05) is 5.32 Å². The summed E-state index contributed by atoms with van der Waals surface area (Å²) in [4.78, 5) is 12.7. The van der Waals surface area contributed by atoms with Gasteiger partial charge in [0.15, 0.2) is 10.1 Å². The monoisotopic (exact) mass is 443 g/mol. The van der Waals surface area contributed by atoms with E-state index in [9.17, 15) is 4.79 Å². The summed E-state index contributed by atoms with van der Waals surface area (Å²) >= 11 is 9.04. The largest absolute Gasteiger partial charge is 0.451 e. The number of hydrogen-bond donors (Lipinski definition) is 1. The number of thioether (sulfide) groups is 1. The zero-order valence-corrected chi connectivity index (χ0v) is 18.2. The van der Waals surface area contributed by atoms with Gasteiger partial charge in [-0.2, -0.15) is 0 Å². The normalized spacial score (nSPS) is 11.1. The summed E-state index contributed by atoms with van der Waals surface area (Å²) in [5, 5.41) is 13.1. The van der Waals surface area contributed by atoms with E-state index in [1.54, 1.807) is 0 Å². The Morgan fingerprint density at radius 1 is 1.24 bits per heavy atom. The molecule has 4 aromatic rings. The van der Waals surface area contributed by atoms with Gasteiger partial charge in [-0.25, -0.2) is 0 Å². The zero-order valence-electron chi connectivity index (χ0n) is 15.9. The van der Waals surface area contributed by atoms with Gasteiger partial charge in [0.2, 0.25) is 5.13 Å². The number of aromatic nitrogens is 2. The molecule has 1 N–H and O–H groups in total. The fourth-order valence-corrected chi connectivity index (χ4v) is 4.96. The van der Waals surface area contributed by atoms with E-state index in [2.05, 4.69) is 28.5 Å². The van der Waals surface area contributed by atoms with Crippen LogP contribution in [0.25, 0.3) is 11.0 Å². The van der Waals surface area contributed by atoms with Gasteiger partial charge in [-0.1, -0.05) is 65.9 Å². The number of amides is 1. The minimum atomic E-state index is -0.324. The Bertz CT molecular complexity index is 1190. The second-order valence-corrected chi connectivity index (χ2v) is 9.05. The van der Waals surface area contributed by atoms with Gasteiger partial charge in [0, 0.05) is 21.7 Å². The molecule has 0 aliphatic heterocycles. The lowest BCUT2D eigenvalue weighted by Crippen LogP contribution is -2.11. The molecule has 2 heterocycles. The molecule has 29 heavy (non-hydrogen) atoms. The second kappa shape index (κ2) is 8.57. The fourth-order valence-electron chi connectivity index (χ4n) is 2.93. The second-order valence-electron chi connectivity index (χ2n) is 6.45. The van der Waals surface area contributed by atoms with Crippen molar-refractivity contribution in [2.45, 2.75) is 30.4 Å². The van der Waals surface area contributed by atoms with Crippen molar-refractivity contribution in [3.8, 4) is 0 Å². The molecule has 2 aromatic heterocycles. The molecule has 0 spiro atoms. The first-order valence-electron chi connectivity index (χ1n) is 9.08. The number of aryl methyl sites for hydroxylation is 2. The van der Waals surface area contributed by atoms with Gasteiger partial charge >= 0.3 is 0 Å². The molecular formula is C21H18ClN3O2S2. The van der Waals surface area contributed by atoms with Crippen LogP contribution in [0.5, 0.6) is 0 Å². The topological polar surface area (TPSA) is 68.0 Å². The lowest BCUT2D eigenvalue weighted by molar-refractivity contribution is 0.0998. The smallest absolute Gasteiger partial charge is 0.293 e. The third-order valence-corrected chi connectivity index (χ3v) is 6.94. The van der Waals surface area contributed by atoms with Crippen LogP contribution in [0.15, 0.2) is 51.2 Å². The van der Waals surface area contributed by atoms with Crippen LogP contribution in [0.4, 0.5) is 5.13 Å². The number of nitrogens with one attached hydrogen (secondary N) is 1. The molecule has 0 aliphatic rings. The Balaban J connectivity index is 1.46.